The average Bonchev–Trinajstić information content (AvgIpc) is 3.07. The molecule has 1 aliphatic carbocycles. The van der Waals surface area contributed by atoms with Crippen molar-refractivity contribution in [3.63, 3.8) is 0 Å². The van der Waals surface area contributed by atoms with E-state index in [9.17, 15) is 14.7 Å². The molecule has 1 atom stereocenters. The summed E-state index contributed by atoms with van der Waals surface area (Å²) >= 11 is 12.1. The van der Waals surface area contributed by atoms with Gasteiger partial charge in [0.15, 0.2) is 0 Å². The van der Waals surface area contributed by atoms with Gasteiger partial charge in [0, 0.05) is 34.4 Å². The van der Waals surface area contributed by atoms with Crippen molar-refractivity contribution in [1.82, 2.24) is 5.32 Å². The molecule has 0 unspecified atom stereocenters. The first-order valence-electron chi connectivity index (χ1n) is 10.2. The third-order valence-corrected chi connectivity index (χ3v) is 6.15. The van der Waals surface area contributed by atoms with E-state index in [0.717, 1.165) is 22.3 Å². The van der Waals surface area contributed by atoms with Crippen molar-refractivity contribution in [2.45, 2.75) is 24.8 Å². The fraction of sp³-hybridized carbons (Fsp3) is 0.200. The molecule has 4 rings (SSSR count). The van der Waals surface area contributed by atoms with E-state index in [1.54, 1.807) is 18.2 Å². The van der Waals surface area contributed by atoms with Crippen LogP contribution in [-0.2, 0) is 16.0 Å². The van der Waals surface area contributed by atoms with Crippen molar-refractivity contribution in [3.8, 4) is 11.1 Å². The van der Waals surface area contributed by atoms with Gasteiger partial charge >= 0.3 is 6.09 Å². The second kappa shape index (κ2) is 9.63. The van der Waals surface area contributed by atoms with E-state index in [4.69, 9.17) is 27.9 Å². The van der Waals surface area contributed by atoms with Crippen LogP contribution in [-0.4, -0.2) is 24.7 Å². The van der Waals surface area contributed by atoms with Gasteiger partial charge in [0.05, 0.1) is 0 Å². The number of carbonyl (C=O) groups is 2. The van der Waals surface area contributed by atoms with Crippen LogP contribution >= 0.6 is 23.2 Å². The molecule has 0 bridgehead atoms. The van der Waals surface area contributed by atoms with Crippen molar-refractivity contribution >= 4 is 35.3 Å². The van der Waals surface area contributed by atoms with Gasteiger partial charge < -0.3 is 20.0 Å². The number of hydrogen-bond acceptors (Lipinski definition) is 4. The van der Waals surface area contributed by atoms with Gasteiger partial charge in [-0.2, -0.15) is 0 Å². The van der Waals surface area contributed by atoms with Gasteiger partial charge in [-0.3, -0.25) is 0 Å². The van der Waals surface area contributed by atoms with Crippen molar-refractivity contribution < 1.29 is 19.4 Å². The lowest BCUT2D eigenvalue weighted by Gasteiger charge is -2.21. The van der Waals surface area contributed by atoms with Crippen molar-refractivity contribution in [2.24, 2.45) is 0 Å². The normalized spacial score (nSPS) is 13.2. The Hall–Kier alpha value is -3.02. The van der Waals surface area contributed by atoms with Crippen LogP contribution in [0.3, 0.4) is 0 Å². The third-order valence-electron chi connectivity index (χ3n) is 5.56. The van der Waals surface area contributed by atoms with Crippen LogP contribution in [0.2, 0.25) is 10.0 Å². The highest BCUT2D eigenvalue weighted by atomic mass is 35.5. The van der Waals surface area contributed by atoms with Crippen LogP contribution in [0.25, 0.3) is 11.1 Å². The number of fused-ring (bicyclic) bond motifs is 3. The fourth-order valence-electron chi connectivity index (χ4n) is 4.13. The number of carboxylic acid groups (broad SMARTS) is 1. The average molecular weight is 469 g/mol. The maximum atomic E-state index is 12.5. The summed E-state index contributed by atoms with van der Waals surface area (Å²) < 4.78 is 5.52. The Morgan fingerprint density at radius 1 is 0.969 bits per heavy atom. The highest BCUT2D eigenvalue weighted by molar-refractivity contribution is 6.35. The topological polar surface area (TPSA) is 78.5 Å². The molecule has 0 heterocycles. The number of alkyl carbamates (subject to hydrolysis) is 1. The Balaban J connectivity index is 1.44. The standard InChI is InChI=1S/C25H21Cl2NO4/c26-16-10-9-15(23(27)12-16)11-17(13-24(29)30)28-25(31)32-14-22-20-7-3-1-5-18(20)19-6-2-4-8-21(19)22/h1-10,12,17,22H,11,13-14H2,(H,28,31)(H,29,30)/p-1/t17-/m1/s1. The monoisotopic (exact) mass is 468 g/mol. The van der Waals surface area contributed by atoms with E-state index in [2.05, 4.69) is 17.4 Å². The van der Waals surface area contributed by atoms with E-state index < -0.39 is 18.1 Å². The maximum Gasteiger partial charge on any atom is 0.407 e. The number of carboxylic acids is 1. The number of benzene rings is 3. The second-order valence-corrected chi connectivity index (χ2v) is 8.53. The van der Waals surface area contributed by atoms with Gasteiger partial charge in [-0.15, -0.1) is 0 Å². The molecule has 164 valence electrons. The van der Waals surface area contributed by atoms with Gasteiger partial charge in [-0.25, -0.2) is 4.79 Å². The molecule has 32 heavy (non-hydrogen) atoms. The number of halogens is 2. The number of rotatable bonds is 7. The molecule has 7 heteroatoms. The van der Waals surface area contributed by atoms with Crippen LogP contribution in [0.15, 0.2) is 66.7 Å². The molecule has 3 aromatic rings. The zero-order valence-corrected chi connectivity index (χ0v) is 18.5. The number of hydrogen-bond donors (Lipinski definition) is 1. The lowest BCUT2D eigenvalue weighted by molar-refractivity contribution is -0.306. The summed E-state index contributed by atoms with van der Waals surface area (Å²) in [5.41, 5.74) is 5.12. The predicted molar refractivity (Wildman–Crippen MR) is 122 cm³/mol. The molecule has 0 spiro atoms. The molecule has 0 fully saturated rings. The minimum absolute atomic E-state index is 0.0848. The first-order chi connectivity index (χ1) is 15.4. The fourth-order valence-corrected chi connectivity index (χ4v) is 4.62. The van der Waals surface area contributed by atoms with Gasteiger partial charge in [0.1, 0.15) is 6.61 Å². The molecule has 0 saturated carbocycles. The molecule has 1 amide bonds. The minimum atomic E-state index is -1.28. The molecule has 1 aliphatic rings. The zero-order valence-electron chi connectivity index (χ0n) is 17.0. The molecule has 3 aromatic carbocycles. The van der Waals surface area contributed by atoms with Crippen LogP contribution in [0, 0.1) is 0 Å². The number of amides is 1. The highest BCUT2D eigenvalue weighted by Crippen LogP contribution is 2.44. The Kier molecular flexibility index (Phi) is 6.68. The summed E-state index contributed by atoms with van der Waals surface area (Å²) in [4.78, 5) is 23.7. The van der Waals surface area contributed by atoms with Gasteiger partial charge in [-0.05, 0) is 46.4 Å². The SMILES string of the molecule is O=C([O-])C[C@@H](Cc1ccc(Cl)cc1Cl)NC(=O)OCC1c2ccccc2-c2ccccc21. The van der Waals surface area contributed by atoms with Crippen LogP contribution in [0.5, 0.6) is 0 Å². The molecular weight excluding hydrogens is 449 g/mol. The van der Waals surface area contributed by atoms with E-state index in [0.29, 0.717) is 15.6 Å². The number of aliphatic carboxylic acids is 1. The zero-order chi connectivity index (χ0) is 22.7. The largest absolute Gasteiger partial charge is 0.550 e. The van der Waals surface area contributed by atoms with E-state index in [1.165, 1.54) is 0 Å². The molecular formula is C25H20Cl2NO4-. The first-order valence-corrected chi connectivity index (χ1v) is 10.9. The molecule has 0 radical (unpaired) electrons. The van der Waals surface area contributed by atoms with E-state index >= 15 is 0 Å². The minimum Gasteiger partial charge on any atom is -0.550 e. The van der Waals surface area contributed by atoms with E-state index in [-0.39, 0.29) is 25.4 Å². The lowest BCUT2D eigenvalue weighted by atomic mass is 9.98. The number of ether oxygens (including phenoxy) is 1. The summed E-state index contributed by atoms with van der Waals surface area (Å²) in [5, 5.41) is 14.7. The molecule has 5 nitrogen and oxygen atoms in total. The second-order valence-electron chi connectivity index (χ2n) is 7.68. The molecule has 0 aliphatic heterocycles. The van der Waals surface area contributed by atoms with Crippen molar-refractivity contribution in [1.29, 1.82) is 0 Å². The van der Waals surface area contributed by atoms with Crippen LogP contribution in [0.4, 0.5) is 4.79 Å². The molecule has 1 N–H and O–H groups in total. The smallest absolute Gasteiger partial charge is 0.407 e. The summed E-state index contributed by atoms with van der Waals surface area (Å²) in [6.45, 7) is 0.138. The Labute approximate surface area is 195 Å². The van der Waals surface area contributed by atoms with Crippen molar-refractivity contribution in [3.05, 3.63) is 93.5 Å². The maximum absolute atomic E-state index is 12.5. The quantitative estimate of drug-likeness (QED) is 0.550. The third kappa shape index (κ3) is 4.90. The van der Waals surface area contributed by atoms with Gasteiger partial charge in [0.2, 0.25) is 0 Å². The van der Waals surface area contributed by atoms with E-state index in [1.807, 2.05) is 36.4 Å². The predicted octanol–water partition coefficient (Wildman–Crippen LogP) is 4.58. The van der Waals surface area contributed by atoms with Crippen molar-refractivity contribution in [2.75, 3.05) is 6.61 Å². The van der Waals surface area contributed by atoms with Crippen LogP contribution in [0.1, 0.15) is 29.0 Å². The summed E-state index contributed by atoms with van der Waals surface area (Å²) in [6.07, 6.45) is -0.861. The molecule has 0 aromatic heterocycles. The summed E-state index contributed by atoms with van der Waals surface area (Å²) in [6, 6.07) is 20.3. The first kappa shape index (κ1) is 22.2. The Morgan fingerprint density at radius 3 is 2.19 bits per heavy atom. The summed E-state index contributed by atoms with van der Waals surface area (Å²) in [5.74, 6) is -1.36. The van der Waals surface area contributed by atoms with Gasteiger partial charge in [0.25, 0.3) is 0 Å². The highest BCUT2D eigenvalue weighted by Gasteiger charge is 2.29. The lowest BCUT2D eigenvalue weighted by Crippen LogP contribution is -2.41. The molecule has 0 saturated heterocycles. The van der Waals surface area contributed by atoms with Crippen LogP contribution < -0.4 is 10.4 Å². The number of nitrogens with one attached hydrogen (secondary N) is 1. The Bertz CT molecular complexity index is 1120. The summed E-state index contributed by atoms with van der Waals surface area (Å²) in [7, 11) is 0. The number of carbonyl (C=O) groups excluding carboxylic acids is 2. The van der Waals surface area contributed by atoms with Gasteiger partial charge in [-0.1, -0.05) is 77.8 Å². The Morgan fingerprint density at radius 2 is 1.59 bits per heavy atom.